The van der Waals surface area contributed by atoms with Gasteiger partial charge in [-0.3, -0.25) is 0 Å². The summed E-state index contributed by atoms with van der Waals surface area (Å²) in [5, 5.41) is 3.49. The number of piperidine rings is 1. The molecule has 2 heterocycles. The lowest BCUT2D eigenvalue weighted by Crippen LogP contribution is -2.42. The zero-order valence-electron chi connectivity index (χ0n) is 16.0. The molecule has 0 bridgehead atoms. The summed E-state index contributed by atoms with van der Waals surface area (Å²) in [6, 6.07) is 12.3. The summed E-state index contributed by atoms with van der Waals surface area (Å²) in [6.07, 6.45) is 3.30. The van der Waals surface area contributed by atoms with Crippen LogP contribution in [0.3, 0.4) is 0 Å². The molecule has 1 saturated heterocycles. The van der Waals surface area contributed by atoms with Crippen molar-refractivity contribution in [2.24, 2.45) is 0 Å². The molecule has 0 radical (unpaired) electrons. The Morgan fingerprint density at radius 2 is 1.96 bits per heavy atom. The predicted molar refractivity (Wildman–Crippen MR) is 106 cm³/mol. The maximum Gasteiger partial charge on any atom is 0.409 e. The molecule has 1 N–H and O–H groups in total. The lowest BCUT2D eigenvalue weighted by atomic mass is 10.1. The lowest BCUT2D eigenvalue weighted by molar-refractivity contribution is 0.0983. The number of anilines is 3. The average Bonchev–Trinajstić information content (AvgIpc) is 2.70. The molecule has 1 aliphatic heterocycles. The Morgan fingerprint density at radius 3 is 2.63 bits per heavy atom. The van der Waals surface area contributed by atoms with E-state index < -0.39 is 0 Å². The van der Waals surface area contributed by atoms with Gasteiger partial charge in [-0.1, -0.05) is 18.2 Å². The molecule has 0 aliphatic carbocycles. The molecule has 0 atom stereocenters. The number of hydrogen-bond acceptors (Lipinski definition) is 6. The van der Waals surface area contributed by atoms with Gasteiger partial charge in [-0.25, -0.2) is 9.78 Å². The number of carbonyl (C=O) groups is 1. The van der Waals surface area contributed by atoms with Crippen LogP contribution in [-0.2, 0) is 4.74 Å². The van der Waals surface area contributed by atoms with Crippen molar-refractivity contribution in [3.63, 3.8) is 0 Å². The van der Waals surface area contributed by atoms with Gasteiger partial charge in [-0.2, -0.15) is 4.98 Å². The molecule has 1 aromatic heterocycles. The summed E-state index contributed by atoms with van der Waals surface area (Å²) < 4.78 is 5.07. The van der Waals surface area contributed by atoms with Crippen LogP contribution in [0.25, 0.3) is 0 Å². The number of likely N-dealkylation sites (tertiary alicyclic amines) is 1. The molecular formula is C20H27N5O2. The number of amides is 1. The first-order valence-corrected chi connectivity index (χ1v) is 9.55. The molecule has 1 aromatic carbocycles. The van der Waals surface area contributed by atoms with Gasteiger partial charge < -0.3 is 19.9 Å². The zero-order chi connectivity index (χ0) is 19.1. The highest BCUT2D eigenvalue weighted by Gasteiger charge is 2.23. The number of ether oxygens (including phenoxy) is 1. The Morgan fingerprint density at radius 1 is 1.22 bits per heavy atom. The minimum Gasteiger partial charge on any atom is -0.450 e. The van der Waals surface area contributed by atoms with Crippen LogP contribution < -0.4 is 10.2 Å². The fourth-order valence-electron chi connectivity index (χ4n) is 3.24. The fourth-order valence-corrected chi connectivity index (χ4v) is 3.24. The van der Waals surface area contributed by atoms with Crippen molar-refractivity contribution in [2.45, 2.75) is 32.7 Å². The predicted octanol–water partition coefficient (Wildman–Crippen LogP) is 3.67. The summed E-state index contributed by atoms with van der Waals surface area (Å²) in [7, 11) is 0. The van der Waals surface area contributed by atoms with Gasteiger partial charge in [0.2, 0.25) is 5.95 Å². The van der Waals surface area contributed by atoms with Crippen LogP contribution in [0.1, 0.15) is 26.7 Å². The summed E-state index contributed by atoms with van der Waals surface area (Å²) in [6.45, 7) is 6.50. The molecule has 1 fully saturated rings. The first kappa shape index (κ1) is 18.9. The minimum absolute atomic E-state index is 0.221. The number of aromatic nitrogens is 2. The fraction of sp³-hybridized carbons (Fsp3) is 0.450. The van der Waals surface area contributed by atoms with Crippen molar-refractivity contribution < 1.29 is 9.53 Å². The van der Waals surface area contributed by atoms with Gasteiger partial charge in [-0.05, 0) is 44.9 Å². The third-order valence-corrected chi connectivity index (χ3v) is 4.64. The third-order valence-electron chi connectivity index (χ3n) is 4.64. The first-order valence-electron chi connectivity index (χ1n) is 9.55. The van der Waals surface area contributed by atoms with Crippen LogP contribution in [-0.4, -0.2) is 53.2 Å². The molecule has 2 aromatic rings. The number of hydrogen-bond donors (Lipinski definition) is 1. The smallest absolute Gasteiger partial charge is 0.409 e. The van der Waals surface area contributed by atoms with E-state index >= 15 is 0 Å². The quantitative estimate of drug-likeness (QED) is 0.838. The van der Waals surface area contributed by atoms with Gasteiger partial charge in [0.05, 0.1) is 6.61 Å². The Balaban J connectivity index is 1.62. The highest BCUT2D eigenvalue weighted by atomic mass is 16.6. The van der Waals surface area contributed by atoms with Crippen LogP contribution in [0.2, 0.25) is 0 Å². The molecule has 1 aliphatic rings. The largest absolute Gasteiger partial charge is 0.450 e. The maximum absolute atomic E-state index is 11.8. The first-order chi connectivity index (χ1) is 13.2. The number of carbonyl (C=O) groups excluding carboxylic acids is 1. The normalized spacial score (nSPS) is 14.7. The maximum atomic E-state index is 11.8. The summed E-state index contributed by atoms with van der Waals surface area (Å²) in [5.41, 5.74) is 1.07. The van der Waals surface area contributed by atoms with Gasteiger partial charge in [0.1, 0.15) is 5.82 Å². The number of benzene rings is 1. The highest BCUT2D eigenvalue weighted by molar-refractivity contribution is 5.67. The Bertz CT molecular complexity index is 732. The van der Waals surface area contributed by atoms with E-state index in [9.17, 15) is 4.79 Å². The van der Waals surface area contributed by atoms with E-state index in [4.69, 9.17) is 9.72 Å². The topological polar surface area (TPSA) is 70.6 Å². The molecule has 144 valence electrons. The van der Waals surface area contributed by atoms with Crippen molar-refractivity contribution in [1.29, 1.82) is 0 Å². The molecular weight excluding hydrogens is 342 g/mol. The SMILES string of the molecule is CCOC(=O)N1CCC(Nc2ccnc(N(CC)c3ccccc3)n2)CC1. The summed E-state index contributed by atoms with van der Waals surface area (Å²) in [5.74, 6) is 1.49. The van der Waals surface area contributed by atoms with E-state index in [2.05, 4.69) is 34.3 Å². The number of para-hydroxylation sites is 1. The van der Waals surface area contributed by atoms with Gasteiger partial charge >= 0.3 is 6.09 Å². The Kier molecular flexibility index (Phi) is 6.46. The highest BCUT2D eigenvalue weighted by Crippen LogP contribution is 2.23. The summed E-state index contributed by atoms with van der Waals surface area (Å²) >= 11 is 0. The second kappa shape index (κ2) is 9.21. The van der Waals surface area contributed by atoms with Crippen molar-refractivity contribution >= 4 is 23.5 Å². The van der Waals surface area contributed by atoms with E-state index in [0.29, 0.717) is 25.6 Å². The van der Waals surface area contributed by atoms with Crippen LogP contribution >= 0.6 is 0 Å². The van der Waals surface area contributed by atoms with E-state index in [1.165, 1.54) is 0 Å². The van der Waals surface area contributed by atoms with Crippen molar-refractivity contribution in [3.8, 4) is 0 Å². The van der Waals surface area contributed by atoms with Crippen molar-refractivity contribution in [2.75, 3.05) is 36.5 Å². The molecule has 1 amide bonds. The Labute approximate surface area is 160 Å². The lowest BCUT2D eigenvalue weighted by Gasteiger charge is -2.32. The average molecular weight is 369 g/mol. The molecule has 7 heteroatoms. The molecule has 7 nitrogen and oxygen atoms in total. The monoisotopic (exact) mass is 369 g/mol. The molecule has 0 saturated carbocycles. The second-order valence-electron chi connectivity index (χ2n) is 6.43. The van der Waals surface area contributed by atoms with E-state index in [1.807, 2.05) is 31.2 Å². The van der Waals surface area contributed by atoms with Crippen LogP contribution in [0.4, 0.5) is 22.2 Å². The van der Waals surface area contributed by atoms with Crippen LogP contribution in [0, 0.1) is 0 Å². The van der Waals surface area contributed by atoms with Crippen LogP contribution in [0.5, 0.6) is 0 Å². The van der Waals surface area contributed by atoms with E-state index in [1.54, 1.807) is 11.1 Å². The number of rotatable bonds is 6. The van der Waals surface area contributed by atoms with Crippen LogP contribution in [0.15, 0.2) is 42.6 Å². The van der Waals surface area contributed by atoms with Crippen molar-refractivity contribution in [1.82, 2.24) is 14.9 Å². The summed E-state index contributed by atoms with van der Waals surface area (Å²) in [4.78, 5) is 24.8. The number of nitrogens with zero attached hydrogens (tertiary/aromatic N) is 4. The van der Waals surface area contributed by atoms with Gasteiger partial charge in [0.25, 0.3) is 0 Å². The second-order valence-corrected chi connectivity index (χ2v) is 6.43. The van der Waals surface area contributed by atoms with E-state index in [0.717, 1.165) is 30.9 Å². The molecule has 3 rings (SSSR count). The minimum atomic E-state index is -0.221. The standard InChI is InChI=1S/C20H27N5O2/c1-3-25(17-8-6-5-7-9-17)19-21-13-10-18(23-19)22-16-11-14-24(15-12-16)20(26)27-4-2/h5-10,13,16H,3-4,11-12,14-15H2,1-2H3,(H,21,22,23). The Hall–Kier alpha value is -2.83. The molecule has 0 spiro atoms. The van der Waals surface area contributed by atoms with Gasteiger partial charge in [-0.15, -0.1) is 0 Å². The van der Waals surface area contributed by atoms with Gasteiger partial charge in [0.15, 0.2) is 0 Å². The third kappa shape index (κ3) is 4.87. The molecule has 0 unspecified atom stereocenters. The van der Waals surface area contributed by atoms with Crippen molar-refractivity contribution in [3.05, 3.63) is 42.6 Å². The van der Waals surface area contributed by atoms with E-state index in [-0.39, 0.29) is 12.1 Å². The zero-order valence-corrected chi connectivity index (χ0v) is 16.0. The number of nitrogens with one attached hydrogen (secondary N) is 1. The molecule has 27 heavy (non-hydrogen) atoms. The van der Waals surface area contributed by atoms with Gasteiger partial charge in [0, 0.05) is 37.6 Å².